The van der Waals surface area contributed by atoms with Gasteiger partial charge in [0, 0.05) is 0 Å². The first-order valence-corrected chi connectivity index (χ1v) is 10.1. The van der Waals surface area contributed by atoms with Crippen LogP contribution in [0.1, 0.15) is 45.7 Å². The van der Waals surface area contributed by atoms with Gasteiger partial charge in [-0.3, -0.25) is 0 Å². The molecule has 3 aromatic carbocycles. The lowest BCUT2D eigenvalue weighted by molar-refractivity contribution is 0.0479. The molecule has 0 unspecified atom stereocenters. The highest BCUT2D eigenvalue weighted by molar-refractivity contribution is 6.06. The van der Waals surface area contributed by atoms with Gasteiger partial charge >= 0.3 is 11.9 Å². The second kappa shape index (κ2) is 9.40. The van der Waals surface area contributed by atoms with Gasteiger partial charge in [0.1, 0.15) is 0 Å². The van der Waals surface area contributed by atoms with Crippen LogP contribution in [0.5, 0.6) is 0 Å². The molecule has 0 N–H and O–H groups in total. The Morgan fingerprint density at radius 3 is 1.33 bits per heavy atom. The van der Waals surface area contributed by atoms with Crippen LogP contribution in [0, 0.1) is 13.8 Å². The van der Waals surface area contributed by atoms with Crippen LogP contribution in [-0.2, 0) is 9.47 Å². The van der Waals surface area contributed by atoms with Crippen molar-refractivity contribution in [2.24, 2.45) is 0 Å². The van der Waals surface area contributed by atoms with Crippen LogP contribution in [0.25, 0.3) is 22.3 Å². The van der Waals surface area contributed by atoms with Crippen molar-refractivity contribution in [3.63, 3.8) is 0 Å². The van der Waals surface area contributed by atoms with Gasteiger partial charge in [0.05, 0.1) is 24.3 Å². The van der Waals surface area contributed by atoms with E-state index in [1.807, 2.05) is 62.4 Å². The van der Waals surface area contributed by atoms with E-state index in [9.17, 15) is 9.59 Å². The van der Waals surface area contributed by atoms with Gasteiger partial charge in [-0.05, 0) is 73.2 Å². The minimum absolute atomic E-state index is 0.214. The van der Waals surface area contributed by atoms with E-state index in [4.69, 9.17) is 9.47 Å². The first-order chi connectivity index (χ1) is 14.5. The summed E-state index contributed by atoms with van der Waals surface area (Å²) in [6, 6.07) is 19.5. The number of carbonyl (C=O) groups is 2. The standard InChI is InChI=1S/C26H26O4/c1-5-29-25(27)23-15-21(19-13-9-7-11-17(19)3)22(16-24(23)26(28)30-6-2)20-14-10-8-12-18(20)4/h7-16H,5-6H2,1-4H3. The Balaban J connectivity index is 2.37. The summed E-state index contributed by atoms with van der Waals surface area (Å²) in [4.78, 5) is 25.5. The number of ether oxygens (including phenoxy) is 2. The highest BCUT2D eigenvalue weighted by Gasteiger charge is 2.24. The molecule has 4 nitrogen and oxygen atoms in total. The summed E-state index contributed by atoms with van der Waals surface area (Å²) >= 11 is 0. The molecule has 154 valence electrons. The molecule has 0 spiro atoms. The van der Waals surface area contributed by atoms with Crippen LogP contribution < -0.4 is 0 Å². The Labute approximate surface area is 177 Å². The Bertz CT molecular complexity index is 996. The van der Waals surface area contributed by atoms with Crippen molar-refractivity contribution in [3.05, 3.63) is 82.9 Å². The average molecular weight is 402 g/mol. The number of esters is 2. The largest absolute Gasteiger partial charge is 0.462 e. The summed E-state index contributed by atoms with van der Waals surface area (Å²) < 4.78 is 10.5. The van der Waals surface area contributed by atoms with Crippen molar-refractivity contribution in [2.75, 3.05) is 13.2 Å². The van der Waals surface area contributed by atoms with Crippen molar-refractivity contribution < 1.29 is 19.1 Å². The molecule has 0 aliphatic carbocycles. The maximum atomic E-state index is 12.7. The Morgan fingerprint density at radius 2 is 1.00 bits per heavy atom. The number of benzene rings is 3. The molecular formula is C26H26O4. The second-order valence-electron chi connectivity index (χ2n) is 7.01. The second-order valence-corrected chi connectivity index (χ2v) is 7.01. The van der Waals surface area contributed by atoms with Crippen molar-refractivity contribution in [1.82, 2.24) is 0 Å². The molecule has 3 aromatic rings. The molecular weight excluding hydrogens is 376 g/mol. The molecule has 3 rings (SSSR count). The molecule has 0 aliphatic rings. The fourth-order valence-corrected chi connectivity index (χ4v) is 3.55. The molecule has 0 fully saturated rings. The van der Waals surface area contributed by atoms with Gasteiger partial charge in [-0.25, -0.2) is 9.59 Å². The maximum Gasteiger partial charge on any atom is 0.339 e. The van der Waals surface area contributed by atoms with E-state index < -0.39 is 11.9 Å². The maximum absolute atomic E-state index is 12.7. The predicted octanol–water partition coefficient (Wildman–Crippen LogP) is 5.99. The van der Waals surface area contributed by atoms with Gasteiger partial charge in [-0.1, -0.05) is 48.5 Å². The van der Waals surface area contributed by atoms with E-state index in [2.05, 4.69) is 0 Å². The zero-order chi connectivity index (χ0) is 21.7. The van der Waals surface area contributed by atoms with Crippen LogP contribution >= 0.6 is 0 Å². The lowest BCUT2D eigenvalue weighted by Gasteiger charge is -2.18. The van der Waals surface area contributed by atoms with Crippen molar-refractivity contribution in [3.8, 4) is 22.3 Å². The topological polar surface area (TPSA) is 52.6 Å². The molecule has 30 heavy (non-hydrogen) atoms. The molecule has 4 heteroatoms. The molecule has 0 bridgehead atoms. The number of aryl methyl sites for hydroxylation is 2. The summed E-state index contributed by atoms with van der Waals surface area (Å²) in [5.41, 5.74) is 6.32. The third-order valence-corrected chi connectivity index (χ3v) is 5.02. The van der Waals surface area contributed by atoms with Crippen LogP contribution in [0.4, 0.5) is 0 Å². The fraction of sp³-hybridized carbons (Fsp3) is 0.231. The number of carbonyl (C=O) groups excluding carboxylic acids is 2. The molecule has 0 heterocycles. The molecule has 0 aliphatic heterocycles. The molecule has 0 aromatic heterocycles. The van der Waals surface area contributed by atoms with E-state index in [-0.39, 0.29) is 24.3 Å². The minimum Gasteiger partial charge on any atom is -0.462 e. The quantitative estimate of drug-likeness (QED) is 0.475. The first kappa shape index (κ1) is 21.3. The van der Waals surface area contributed by atoms with Gasteiger partial charge in [-0.15, -0.1) is 0 Å². The average Bonchev–Trinajstić information content (AvgIpc) is 2.74. The van der Waals surface area contributed by atoms with E-state index in [1.54, 1.807) is 26.0 Å². The third-order valence-electron chi connectivity index (χ3n) is 5.02. The van der Waals surface area contributed by atoms with Crippen LogP contribution in [0.15, 0.2) is 60.7 Å². The van der Waals surface area contributed by atoms with Gasteiger partial charge in [0.2, 0.25) is 0 Å². The summed E-state index contributed by atoms with van der Waals surface area (Å²) in [5.74, 6) is -1.07. The van der Waals surface area contributed by atoms with E-state index in [0.717, 1.165) is 33.4 Å². The summed E-state index contributed by atoms with van der Waals surface area (Å²) in [7, 11) is 0. The number of rotatable bonds is 6. The molecule has 0 radical (unpaired) electrons. The Morgan fingerprint density at radius 1 is 0.633 bits per heavy atom. The Kier molecular flexibility index (Phi) is 6.68. The van der Waals surface area contributed by atoms with E-state index in [1.165, 1.54) is 0 Å². The SMILES string of the molecule is CCOC(=O)c1cc(-c2ccccc2C)c(-c2ccccc2C)cc1C(=O)OCC. The van der Waals surface area contributed by atoms with E-state index >= 15 is 0 Å². The minimum atomic E-state index is -0.535. The molecule has 0 saturated heterocycles. The lowest BCUT2D eigenvalue weighted by Crippen LogP contribution is -2.15. The number of hydrogen-bond acceptors (Lipinski definition) is 4. The van der Waals surface area contributed by atoms with Gasteiger partial charge < -0.3 is 9.47 Å². The van der Waals surface area contributed by atoms with Gasteiger partial charge in [-0.2, -0.15) is 0 Å². The summed E-state index contributed by atoms with van der Waals surface area (Å²) in [5, 5.41) is 0. The molecule has 0 amide bonds. The lowest BCUT2D eigenvalue weighted by atomic mass is 9.87. The smallest absolute Gasteiger partial charge is 0.339 e. The van der Waals surface area contributed by atoms with E-state index in [0.29, 0.717) is 0 Å². The van der Waals surface area contributed by atoms with Crippen LogP contribution in [0.2, 0.25) is 0 Å². The number of hydrogen-bond donors (Lipinski definition) is 0. The van der Waals surface area contributed by atoms with Crippen LogP contribution in [-0.4, -0.2) is 25.2 Å². The zero-order valence-electron chi connectivity index (χ0n) is 17.8. The first-order valence-electron chi connectivity index (χ1n) is 10.1. The zero-order valence-corrected chi connectivity index (χ0v) is 17.8. The van der Waals surface area contributed by atoms with Crippen molar-refractivity contribution >= 4 is 11.9 Å². The molecule has 0 saturated carbocycles. The van der Waals surface area contributed by atoms with Crippen molar-refractivity contribution in [2.45, 2.75) is 27.7 Å². The van der Waals surface area contributed by atoms with Crippen molar-refractivity contribution in [1.29, 1.82) is 0 Å². The fourth-order valence-electron chi connectivity index (χ4n) is 3.55. The van der Waals surface area contributed by atoms with Gasteiger partial charge in [0.15, 0.2) is 0 Å². The highest BCUT2D eigenvalue weighted by Crippen LogP contribution is 2.38. The Hall–Kier alpha value is -3.40. The predicted molar refractivity (Wildman–Crippen MR) is 119 cm³/mol. The van der Waals surface area contributed by atoms with Gasteiger partial charge in [0.25, 0.3) is 0 Å². The molecule has 0 atom stereocenters. The summed E-state index contributed by atoms with van der Waals surface area (Å²) in [6.45, 7) is 7.99. The normalized spacial score (nSPS) is 10.5. The monoisotopic (exact) mass is 402 g/mol. The summed E-state index contributed by atoms with van der Waals surface area (Å²) in [6.07, 6.45) is 0. The van der Waals surface area contributed by atoms with Crippen LogP contribution in [0.3, 0.4) is 0 Å². The third kappa shape index (κ3) is 4.28. The highest BCUT2D eigenvalue weighted by atomic mass is 16.5.